The Morgan fingerprint density at radius 2 is 1.55 bits per heavy atom. The van der Waals surface area contributed by atoms with Crippen LogP contribution in [0.3, 0.4) is 0 Å². The Labute approximate surface area is 119 Å². The molecule has 0 fully saturated rings. The number of amides is 1. The summed E-state index contributed by atoms with van der Waals surface area (Å²) in [5, 5.41) is 2.52. The molecule has 102 valence electrons. The first-order valence-electron chi connectivity index (χ1n) is 5.63. The van der Waals surface area contributed by atoms with Gasteiger partial charge in [0.05, 0.1) is 0 Å². The fourth-order valence-electron chi connectivity index (χ4n) is 1.61. The van der Waals surface area contributed by atoms with Crippen LogP contribution < -0.4 is 11.1 Å². The van der Waals surface area contributed by atoms with Crippen molar-refractivity contribution in [3.63, 3.8) is 0 Å². The molecule has 0 aromatic heterocycles. The van der Waals surface area contributed by atoms with Gasteiger partial charge in [-0.3, -0.25) is 4.79 Å². The van der Waals surface area contributed by atoms with Crippen molar-refractivity contribution in [2.24, 2.45) is 5.73 Å². The maximum absolute atomic E-state index is 13.0. The summed E-state index contributed by atoms with van der Waals surface area (Å²) in [6.45, 7) is 0. The van der Waals surface area contributed by atoms with Crippen LogP contribution in [-0.2, 0) is 0 Å². The van der Waals surface area contributed by atoms with Crippen molar-refractivity contribution < 1.29 is 13.6 Å². The van der Waals surface area contributed by atoms with Crippen LogP contribution in [0.25, 0.3) is 0 Å². The van der Waals surface area contributed by atoms with Crippen molar-refractivity contribution >= 4 is 28.8 Å². The van der Waals surface area contributed by atoms with E-state index < -0.39 is 17.5 Å². The zero-order valence-corrected chi connectivity index (χ0v) is 11.0. The molecule has 0 heterocycles. The summed E-state index contributed by atoms with van der Waals surface area (Å²) in [7, 11) is 0. The molecular weight excluding hydrogens is 282 g/mol. The lowest BCUT2D eigenvalue weighted by Gasteiger charge is -2.06. The van der Waals surface area contributed by atoms with Crippen molar-refractivity contribution in [3.05, 3.63) is 65.2 Å². The number of halogens is 2. The topological polar surface area (TPSA) is 55.1 Å². The maximum atomic E-state index is 13.0. The Bertz CT molecular complexity index is 651. The highest BCUT2D eigenvalue weighted by Gasteiger charge is 2.09. The van der Waals surface area contributed by atoms with Crippen molar-refractivity contribution in [3.8, 4) is 0 Å². The number of thiocarbonyl (C=S) groups is 1. The summed E-state index contributed by atoms with van der Waals surface area (Å²) < 4.78 is 26.0. The van der Waals surface area contributed by atoms with Crippen molar-refractivity contribution in [1.82, 2.24) is 0 Å². The van der Waals surface area contributed by atoms with Gasteiger partial charge in [0.25, 0.3) is 5.91 Å². The third-order valence-corrected chi connectivity index (χ3v) is 2.79. The minimum atomic E-state index is -0.807. The highest BCUT2D eigenvalue weighted by Crippen LogP contribution is 2.13. The summed E-state index contributed by atoms with van der Waals surface area (Å²) in [5.41, 5.74) is 6.49. The van der Waals surface area contributed by atoms with Crippen molar-refractivity contribution in [1.29, 1.82) is 0 Å². The summed E-state index contributed by atoms with van der Waals surface area (Å²) in [6.07, 6.45) is 0. The Balaban J connectivity index is 2.16. The van der Waals surface area contributed by atoms with Gasteiger partial charge in [-0.05, 0) is 36.4 Å². The Morgan fingerprint density at radius 1 is 1.00 bits per heavy atom. The molecule has 0 aliphatic carbocycles. The molecule has 3 nitrogen and oxygen atoms in total. The largest absolute Gasteiger partial charge is 0.389 e. The third kappa shape index (κ3) is 3.36. The van der Waals surface area contributed by atoms with E-state index >= 15 is 0 Å². The van der Waals surface area contributed by atoms with Crippen LogP contribution in [0.2, 0.25) is 0 Å². The lowest BCUT2D eigenvalue weighted by atomic mass is 10.1. The fourth-order valence-corrected chi connectivity index (χ4v) is 1.74. The van der Waals surface area contributed by atoms with Gasteiger partial charge in [0, 0.05) is 22.9 Å². The van der Waals surface area contributed by atoms with Crippen LogP contribution in [0.1, 0.15) is 15.9 Å². The molecule has 0 aliphatic heterocycles. The first-order chi connectivity index (χ1) is 9.45. The van der Waals surface area contributed by atoms with Gasteiger partial charge in [-0.15, -0.1) is 0 Å². The van der Waals surface area contributed by atoms with Gasteiger partial charge in [0.2, 0.25) is 0 Å². The normalized spacial score (nSPS) is 10.1. The molecular formula is C14H10F2N2OS. The second kappa shape index (κ2) is 5.75. The maximum Gasteiger partial charge on any atom is 0.255 e. The molecule has 1 amide bonds. The molecule has 20 heavy (non-hydrogen) atoms. The fraction of sp³-hybridized carbons (Fsp3) is 0. The second-order valence-corrected chi connectivity index (χ2v) is 4.49. The van der Waals surface area contributed by atoms with Gasteiger partial charge in [-0.25, -0.2) is 8.78 Å². The summed E-state index contributed by atoms with van der Waals surface area (Å²) in [5.74, 6) is -2.22. The Hall–Kier alpha value is -2.34. The minimum Gasteiger partial charge on any atom is -0.389 e. The van der Waals surface area contributed by atoms with E-state index in [4.69, 9.17) is 18.0 Å². The first-order valence-corrected chi connectivity index (χ1v) is 6.04. The smallest absolute Gasteiger partial charge is 0.255 e. The highest BCUT2D eigenvalue weighted by molar-refractivity contribution is 7.80. The van der Waals surface area contributed by atoms with Crippen molar-refractivity contribution in [2.75, 3.05) is 5.32 Å². The summed E-state index contributed by atoms with van der Waals surface area (Å²) in [4.78, 5) is 12.1. The quantitative estimate of drug-likeness (QED) is 0.855. The number of hydrogen-bond acceptors (Lipinski definition) is 2. The van der Waals surface area contributed by atoms with E-state index in [9.17, 15) is 13.6 Å². The van der Waals surface area contributed by atoms with Crippen LogP contribution in [0.5, 0.6) is 0 Å². The van der Waals surface area contributed by atoms with Crippen LogP contribution in [0.15, 0.2) is 42.5 Å². The number of anilines is 1. The number of carbonyl (C=O) groups is 1. The molecule has 0 saturated heterocycles. The zero-order chi connectivity index (χ0) is 14.7. The molecule has 2 aromatic carbocycles. The van der Waals surface area contributed by atoms with E-state index in [1.165, 1.54) is 0 Å². The molecule has 0 saturated carbocycles. The summed E-state index contributed by atoms with van der Waals surface area (Å²) in [6, 6.07) is 9.11. The number of benzene rings is 2. The lowest BCUT2D eigenvalue weighted by molar-refractivity contribution is 0.102. The summed E-state index contributed by atoms with van der Waals surface area (Å²) >= 11 is 4.81. The van der Waals surface area contributed by atoms with E-state index in [1.807, 2.05) is 0 Å². The Kier molecular flexibility index (Phi) is 4.05. The zero-order valence-electron chi connectivity index (χ0n) is 10.2. The van der Waals surface area contributed by atoms with Crippen LogP contribution >= 0.6 is 12.2 Å². The molecule has 0 bridgehead atoms. The van der Waals surface area contributed by atoms with E-state index in [0.29, 0.717) is 17.3 Å². The molecule has 0 atom stereocenters. The molecule has 0 aliphatic rings. The van der Waals surface area contributed by atoms with E-state index in [-0.39, 0.29) is 10.6 Å². The van der Waals surface area contributed by atoms with Crippen LogP contribution in [-0.4, -0.2) is 10.9 Å². The first kappa shape index (κ1) is 14.1. The number of hydrogen-bond donors (Lipinski definition) is 2. The predicted octanol–water partition coefficient (Wildman–Crippen LogP) is 2.85. The van der Waals surface area contributed by atoms with Gasteiger partial charge in [-0.2, -0.15) is 0 Å². The van der Waals surface area contributed by atoms with E-state index in [2.05, 4.69) is 5.32 Å². The molecule has 2 aromatic rings. The van der Waals surface area contributed by atoms with Gasteiger partial charge >= 0.3 is 0 Å². The third-order valence-electron chi connectivity index (χ3n) is 2.55. The number of nitrogens with one attached hydrogen (secondary N) is 1. The van der Waals surface area contributed by atoms with E-state index in [1.54, 1.807) is 24.3 Å². The van der Waals surface area contributed by atoms with Gasteiger partial charge in [-0.1, -0.05) is 12.2 Å². The molecule has 0 unspecified atom stereocenters. The van der Waals surface area contributed by atoms with E-state index in [0.717, 1.165) is 12.1 Å². The average Bonchev–Trinajstić information content (AvgIpc) is 2.38. The minimum absolute atomic E-state index is 0.0964. The van der Waals surface area contributed by atoms with Crippen LogP contribution in [0, 0.1) is 11.6 Å². The van der Waals surface area contributed by atoms with Gasteiger partial charge in [0.1, 0.15) is 16.6 Å². The molecule has 6 heteroatoms. The number of carbonyl (C=O) groups excluding carboxylic acids is 1. The van der Waals surface area contributed by atoms with Gasteiger partial charge < -0.3 is 11.1 Å². The number of nitrogens with two attached hydrogens (primary N) is 1. The highest BCUT2D eigenvalue weighted by atomic mass is 32.1. The second-order valence-electron chi connectivity index (χ2n) is 4.05. The lowest BCUT2D eigenvalue weighted by Crippen LogP contribution is -2.13. The molecule has 0 radical (unpaired) electrons. The Morgan fingerprint density at radius 3 is 2.05 bits per heavy atom. The molecule has 3 N–H and O–H groups in total. The average molecular weight is 292 g/mol. The standard InChI is InChI=1S/C14H10F2N2OS/c15-10-5-9(6-11(16)7-10)14(19)18-12-3-1-8(2-4-12)13(17)20/h1-7H,(H2,17,20)(H,18,19). The van der Waals surface area contributed by atoms with Gasteiger partial charge in [0.15, 0.2) is 0 Å². The monoisotopic (exact) mass is 292 g/mol. The molecule has 0 spiro atoms. The SMILES string of the molecule is NC(=S)c1ccc(NC(=O)c2cc(F)cc(F)c2)cc1. The predicted molar refractivity (Wildman–Crippen MR) is 76.6 cm³/mol. The van der Waals surface area contributed by atoms with Crippen LogP contribution in [0.4, 0.5) is 14.5 Å². The van der Waals surface area contributed by atoms with Crippen molar-refractivity contribution in [2.45, 2.75) is 0 Å². The molecule has 2 rings (SSSR count). The number of rotatable bonds is 3.